The van der Waals surface area contributed by atoms with Crippen molar-refractivity contribution in [2.45, 2.75) is 0 Å². The summed E-state index contributed by atoms with van der Waals surface area (Å²) in [7, 11) is 0. The van der Waals surface area contributed by atoms with Crippen LogP contribution in [0.15, 0.2) is 36.4 Å². The van der Waals surface area contributed by atoms with Crippen molar-refractivity contribution in [2.24, 2.45) is 11.5 Å². The Morgan fingerprint density at radius 2 is 1.21 bits per heavy atom. The highest BCUT2D eigenvalue weighted by Crippen LogP contribution is 2.34. The zero-order valence-electron chi connectivity index (χ0n) is 10.0. The van der Waals surface area contributed by atoms with Crippen molar-refractivity contribution >= 4 is 43.2 Å². The molecular weight excluding hydrogens is 256 g/mol. The number of benzene rings is 2. The molecule has 94 valence electrons. The van der Waals surface area contributed by atoms with E-state index in [0.717, 1.165) is 20.2 Å². The maximum atomic E-state index is 7.51. The van der Waals surface area contributed by atoms with Crippen LogP contribution in [0, 0.1) is 10.8 Å². The largest absolute Gasteiger partial charge is 0.384 e. The maximum Gasteiger partial charge on any atom is 0.122 e. The number of nitrogens with two attached hydrogens (primary N) is 2. The summed E-state index contributed by atoms with van der Waals surface area (Å²) >= 11 is 1.68. The number of thiophene rings is 1. The normalized spacial score (nSPS) is 10.9. The lowest BCUT2D eigenvalue weighted by Crippen LogP contribution is -2.10. The molecule has 0 bridgehead atoms. The highest BCUT2D eigenvalue weighted by atomic mass is 32.1. The number of amidine groups is 2. The lowest BCUT2D eigenvalue weighted by atomic mass is 10.1. The summed E-state index contributed by atoms with van der Waals surface area (Å²) in [6.07, 6.45) is 0. The number of rotatable bonds is 2. The third-order valence-corrected chi connectivity index (χ3v) is 4.24. The van der Waals surface area contributed by atoms with E-state index in [2.05, 4.69) is 0 Å². The lowest BCUT2D eigenvalue weighted by molar-refractivity contribution is 1.43. The minimum absolute atomic E-state index is 0.0592. The molecule has 0 unspecified atom stereocenters. The molecule has 1 heterocycles. The topological polar surface area (TPSA) is 99.7 Å². The molecule has 1 aromatic heterocycles. The fraction of sp³-hybridized carbons (Fsp3) is 0. The number of hydrogen-bond donors (Lipinski definition) is 4. The van der Waals surface area contributed by atoms with Gasteiger partial charge in [-0.2, -0.15) is 0 Å². The maximum absolute atomic E-state index is 7.51. The first-order chi connectivity index (χ1) is 9.06. The summed E-state index contributed by atoms with van der Waals surface area (Å²) in [4.78, 5) is 0. The smallest absolute Gasteiger partial charge is 0.122 e. The van der Waals surface area contributed by atoms with E-state index in [0.29, 0.717) is 11.1 Å². The third kappa shape index (κ3) is 1.84. The third-order valence-electron chi connectivity index (χ3n) is 3.09. The molecule has 0 radical (unpaired) electrons. The second-order valence-corrected chi connectivity index (χ2v) is 5.44. The first-order valence-corrected chi connectivity index (χ1v) is 6.53. The SMILES string of the molecule is N=C(N)c1ccc2sc3ccc(C(=N)N)cc3c2c1. The first kappa shape index (κ1) is 11.7. The number of nitrogens with one attached hydrogen (secondary N) is 2. The predicted molar refractivity (Wildman–Crippen MR) is 81.4 cm³/mol. The van der Waals surface area contributed by atoms with Gasteiger partial charge in [-0.25, -0.2) is 0 Å². The minimum atomic E-state index is 0.0592. The zero-order chi connectivity index (χ0) is 13.6. The van der Waals surface area contributed by atoms with Crippen LogP contribution in [-0.2, 0) is 0 Å². The van der Waals surface area contributed by atoms with Crippen molar-refractivity contribution in [3.63, 3.8) is 0 Å². The molecule has 0 amide bonds. The van der Waals surface area contributed by atoms with Crippen LogP contribution in [0.3, 0.4) is 0 Å². The van der Waals surface area contributed by atoms with Crippen molar-refractivity contribution in [1.82, 2.24) is 0 Å². The Bertz CT molecular complexity index is 764. The summed E-state index contributed by atoms with van der Waals surface area (Å²) in [6, 6.07) is 11.5. The Morgan fingerprint density at radius 3 is 1.58 bits per heavy atom. The Morgan fingerprint density at radius 1 is 0.789 bits per heavy atom. The van der Waals surface area contributed by atoms with E-state index in [1.165, 1.54) is 0 Å². The van der Waals surface area contributed by atoms with Crippen LogP contribution in [-0.4, -0.2) is 11.7 Å². The van der Waals surface area contributed by atoms with Crippen LogP contribution in [0.4, 0.5) is 0 Å². The molecule has 0 aliphatic heterocycles. The molecule has 0 fully saturated rings. The van der Waals surface area contributed by atoms with Crippen LogP contribution in [0.5, 0.6) is 0 Å². The molecule has 6 N–H and O–H groups in total. The molecule has 4 nitrogen and oxygen atoms in total. The first-order valence-electron chi connectivity index (χ1n) is 5.71. The summed E-state index contributed by atoms with van der Waals surface area (Å²) < 4.78 is 2.28. The molecule has 0 atom stereocenters. The van der Waals surface area contributed by atoms with Crippen molar-refractivity contribution in [1.29, 1.82) is 10.8 Å². The fourth-order valence-corrected chi connectivity index (χ4v) is 3.18. The summed E-state index contributed by atoms with van der Waals surface area (Å²) in [5.41, 5.74) is 12.5. The van der Waals surface area contributed by atoms with E-state index < -0.39 is 0 Å². The van der Waals surface area contributed by atoms with Crippen molar-refractivity contribution < 1.29 is 0 Å². The predicted octanol–water partition coefficient (Wildman–Crippen LogP) is 2.62. The summed E-state index contributed by atoms with van der Waals surface area (Å²) in [5, 5.41) is 17.1. The van der Waals surface area contributed by atoms with Crippen molar-refractivity contribution in [2.75, 3.05) is 0 Å². The van der Waals surface area contributed by atoms with E-state index in [9.17, 15) is 0 Å². The molecule has 5 heteroatoms. The van der Waals surface area contributed by atoms with Crippen LogP contribution >= 0.6 is 11.3 Å². The van der Waals surface area contributed by atoms with E-state index >= 15 is 0 Å². The van der Waals surface area contributed by atoms with Gasteiger partial charge in [0, 0.05) is 31.3 Å². The van der Waals surface area contributed by atoms with Gasteiger partial charge in [-0.1, -0.05) is 0 Å². The van der Waals surface area contributed by atoms with Gasteiger partial charge < -0.3 is 11.5 Å². The molecule has 0 spiro atoms. The Kier molecular flexibility index (Phi) is 2.50. The van der Waals surface area contributed by atoms with Crippen molar-refractivity contribution in [3.8, 4) is 0 Å². The van der Waals surface area contributed by atoms with Gasteiger partial charge in [0.15, 0.2) is 0 Å². The van der Waals surface area contributed by atoms with Gasteiger partial charge in [-0.3, -0.25) is 10.8 Å². The molecule has 19 heavy (non-hydrogen) atoms. The fourth-order valence-electron chi connectivity index (χ4n) is 2.11. The average molecular weight is 268 g/mol. The van der Waals surface area contributed by atoms with Crippen LogP contribution < -0.4 is 11.5 Å². The number of hydrogen-bond acceptors (Lipinski definition) is 3. The van der Waals surface area contributed by atoms with Gasteiger partial charge in [0.1, 0.15) is 11.7 Å². The van der Waals surface area contributed by atoms with Gasteiger partial charge in [0.05, 0.1) is 0 Å². The molecule has 0 aliphatic carbocycles. The van der Waals surface area contributed by atoms with Gasteiger partial charge in [0.2, 0.25) is 0 Å². The monoisotopic (exact) mass is 268 g/mol. The van der Waals surface area contributed by atoms with Gasteiger partial charge >= 0.3 is 0 Å². The van der Waals surface area contributed by atoms with Crippen LogP contribution in [0.2, 0.25) is 0 Å². The zero-order valence-corrected chi connectivity index (χ0v) is 10.8. The van der Waals surface area contributed by atoms with E-state index in [-0.39, 0.29) is 11.7 Å². The quantitative estimate of drug-likeness (QED) is 0.424. The summed E-state index contributed by atoms with van der Waals surface area (Å²) in [6.45, 7) is 0. The molecule has 3 aromatic rings. The van der Waals surface area contributed by atoms with E-state index in [1.807, 2.05) is 36.4 Å². The second kappa shape index (κ2) is 4.07. The Balaban J connectivity index is 2.37. The van der Waals surface area contributed by atoms with Crippen LogP contribution in [0.1, 0.15) is 11.1 Å². The standard InChI is InChI=1S/C14H12N4S/c15-13(16)7-1-3-11-9(5-7)10-6-8(14(17)18)2-4-12(10)19-11/h1-6H,(H3,15,16)(H3,17,18). The van der Waals surface area contributed by atoms with Gasteiger partial charge in [-0.05, 0) is 36.4 Å². The minimum Gasteiger partial charge on any atom is -0.384 e. The Hall–Kier alpha value is -2.40. The molecular formula is C14H12N4S. The molecule has 0 aliphatic rings. The highest BCUT2D eigenvalue weighted by Gasteiger charge is 2.08. The van der Waals surface area contributed by atoms with E-state index in [1.54, 1.807) is 11.3 Å². The highest BCUT2D eigenvalue weighted by molar-refractivity contribution is 7.25. The molecule has 3 rings (SSSR count). The van der Waals surface area contributed by atoms with Gasteiger partial charge in [-0.15, -0.1) is 11.3 Å². The lowest BCUT2D eigenvalue weighted by Gasteiger charge is -2.00. The second-order valence-electron chi connectivity index (χ2n) is 4.35. The van der Waals surface area contributed by atoms with E-state index in [4.69, 9.17) is 22.3 Å². The number of fused-ring (bicyclic) bond motifs is 3. The van der Waals surface area contributed by atoms with Crippen LogP contribution in [0.25, 0.3) is 20.2 Å². The average Bonchev–Trinajstić information content (AvgIpc) is 2.75. The molecule has 0 saturated heterocycles. The number of nitrogen functional groups attached to an aromatic ring is 2. The van der Waals surface area contributed by atoms with Gasteiger partial charge in [0.25, 0.3) is 0 Å². The van der Waals surface area contributed by atoms with Crippen molar-refractivity contribution in [3.05, 3.63) is 47.5 Å². The Labute approximate surface area is 113 Å². The summed E-state index contributed by atoms with van der Waals surface area (Å²) in [5.74, 6) is 0.118. The molecule has 0 saturated carbocycles. The molecule has 2 aromatic carbocycles.